The Bertz CT molecular complexity index is 793. The number of carbonyl (C=O) groups is 1. The van der Waals surface area contributed by atoms with E-state index >= 15 is 0 Å². The van der Waals surface area contributed by atoms with Gasteiger partial charge in [-0.05, 0) is 19.1 Å². The van der Waals surface area contributed by atoms with Gasteiger partial charge in [-0.25, -0.2) is 4.68 Å². The summed E-state index contributed by atoms with van der Waals surface area (Å²) in [6, 6.07) is 17.5. The highest BCUT2D eigenvalue weighted by Crippen LogP contribution is 2.25. The standard InChI is InChI=1S/C17H15N3O2/c1-12-7-9-14(10-8-12)20-17(13-5-3-2-4-6-13)15(18-19-20)11-16(21)22/h2-10H,11H2,1H3,(H,21,22). The van der Waals surface area contributed by atoms with Crippen LogP contribution in [0.2, 0.25) is 0 Å². The van der Waals surface area contributed by atoms with Gasteiger partial charge in [0.15, 0.2) is 0 Å². The first-order valence-electron chi connectivity index (χ1n) is 6.94. The Morgan fingerprint density at radius 2 is 1.77 bits per heavy atom. The Morgan fingerprint density at radius 1 is 1.09 bits per heavy atom. The third-order valence-electron chi connectivity index (χ3n) is 3.38. The van der Waals surface area contributed by atoms with Crippen LogP contribution in [0, 0.1) is 6.92 Å². The lowest BCUT2D eigenvalue weighted by molar-refractivity contribution is -0.136. The Labute approximate surface area is 127 Å². The van der Waals surface area contributed by atoms with E-state index in [1.807, 2.05) is 61.5 Å². The molecule has 0 saturated carbocycles. The molecule has 0 spiro atoms. The molecular weight excluding hydrogens is 278 g/mol. The largest absolute Gasteiger partial charge is 0.481 e. The zero-order valence-corrected chi connectivity index (χ0v) is 12.1. The van der Waals surface area contributed by atoms with Crippen molar-refractivity contribution in [3.05, 3.63) is 65.9 Å². The molecule has 2 aromatic carbocycles. The lowest BCUT2D eigenvalue weighted by Crippen LogP contribution is -2.04. The van der Waals surface area contributed by atoms with Crippen LogP contribution in [-0.4, -0.2) is 26.1 Å². The lowest BCUT2D eigenvalue weighted by Gasteiger charge is -2.08. The maximum Gasteiger partial charge on any atom is 0.309 e. The van der Waals surface area contributed by atoms with Crippen molar-refractivity contribution >= 4 is 5.97 Å². The van der Waals surface area contributed by atoms with Gasteiger partial charge in [0.1, 0.15) is 5.69 Å². The fraction of sp³-hybridized carbons (Fsp3) is 0.118. The van der Waals surface area contributed by atoms with E-state index in [4.69, 9.17) is 5.11 Å². The normalized spacial score (nSPS) is 10.6. The van der Waals surface area contributed by atoms with Crippen LogP contribution >= 0.6 is 0 Å². The fourth-order valence-corrected chi connectivity index (χ4v) is 2.33. The van der Waals surface area contributed by atoms with Gasteiger partial charge in [0.25, 0.3) is 0 Å². The van der Waals surface area contributed by atoms with Crippen LogP contribution in [-0.2, 0) is 11.2 Å². The average molecular weight is 293 g/mol. The molecule has 0 unspecified atom stereocenters. The van der Waals surface area contributed by atoms with Crippen molar-refractivity contribution in [3.8, 4) is 16.9 Å². The van der Waals surface area contributed by atoms with E-state index in [-0.39, 0.29) is 6.42 Å². The van der Waals surface area contributed by atoms with Crippen molar-refractivity contribution in [2.75, 3.05) is 0 Å². The van der Waals surface area contributed by atoms with Gasteiger partial charge >= 0.3 is 5.97 Å². The minimum atomic E-state index is -0.923. The van der Waals surface area contributed by atoms with Crippen molar-refractivity contribution in [3.63, 3.8) is 0 Å². The van der Waals surface area contributed by atoms with Gasteiger partial charge in [-0.2, -0.15) is 0 Å². The molecule has 0 fully saturated rings. The van der Waals surface area contributed by atoms with E-state index in [9.17, 15) is 4.79 Å². The highest BCUT2D eigenvalue weighted by molar-refractivity contribution is 5.74. The van der Waals surface area contributed by atoms with Crippen molar-refractivity contribution in [2.24, 2.45) is 0 Å². The van der Waals surface area contributed by atoms with E-state index in [2.05, 4.69) is 10.3 Å². The molecule has 0 aliphatic heterocycles. The van der Waals surface area contributed by atoms with E-state index in [1.54, 1.807) is 4.68 Å². The van der Waals surface area contributed by atoms with Crippen molar-refractivity contribution in [1.82, 2.24) is 15.0 Å². The molecule has 0 aliphatic rings. The molecular formula is C17H15N3O2. The predicted octanol–water partition coefficient (Wildman–Crippen LogP) is 2.87. The second-order valence-corrected chi connectivity index (χ2v) is 5.07. The molecule has 5 nitrogen and oxygen atoms in total. The number of hydrogen-bond donors (Lipinski definition) is 1. The summed E-state index contributed by atoms with van der Waals surface area (Å²) in [5.74, 6) is -0.923. The summed E-state index contributed by atoms with van der Waals surface area (Å²) in [4.78, 5) is 11.1. The number of rotatable bonds is 4. The molecule has 0 amide bonds. The van der Waals surface area contributed by atoms with Gasteiger partial charge < -0.3 is 5.11 Å². The molecule has 1 aromatic heterocycles. The zero-order chi connectivity index (χ0) is 15.5. The minimum Gasteiger partial charge on any atom is -0.481 e. The first kappa shape index (κ1) is 14.0. The summed E-state index contributed by atoms with van der Waals surface area (Å²) in [6.07, 6.45) is -0.157. The first-order valence-corrected chi connectivity index (χ1v) is 6.94. The maximum atomic E-state index is 11.1. The zero-order valence-electron chi connectivity index (χ0n) is 12.1. The first-order chi connectivity index (χ1) is 10.6. The Kier molecular flexibility index (Phi) is 3.70. The summed E-state index contributed by atoms with van der Waals surface area (Å²) < 4.78 is 1.69. The Hall–Kier alpha value is -2.95. The molecule has 0 radical (unpaired) electrons. The Morgan fingerprint density at radius 3 is 2.41 bits per heavy atom. The van der Waals surface area contributed by atoms with Crippen LogP contribution in [0.25, 0.3) is 16.9 Å². The minimum absolute atomic E-state index is 0.157. The topological polar surface area (TPSA) is 68.0 Å². The van der Waals surface area contributed by atoms with Gasteiger partial charge in [0, 0.05) is 5.56 Å². The van der Waals surface area contributed by atoms with Gasteiger partial charge in [0.05, 0.1) is 17.8 Å². The predicted molar refractivity (Wildman–Crippen MR) is 82.9 cm³/mol. The number of benzene rings is 2. The van der Waals surface area contributed by atoms with Crippen LogP contribution in [0.3, 0.4) is 0 Å². The van der Waals surface area contributed by atoms with Crippen LogP contribution < -0.4 is 0 Å². The van der Waals surface area contributed by atoms with Gasteiger partial charge in [0.2, 0.25) is 0 Å². The van der Waals surface area contributed by atoms with E-state index in [0.717, 1.165) is 16.8 Å². The van der Waals surface area contributed by atoms with Crippen molar-refractivity contribution in [2.45, 2.75) is 13.3 Å². The number of hydrogen-bond acceptors (Lipinski definition) is 3. The molecule has 0 saturated heterocycles. The van der Waals surface area contributed by atoms with E-state index in [1.165, 1.54) is 0 Å². The SMILES string of the molecule is Cc1ccc(-n2nnc(CC(=O)O)c2-c2ccccc2)cc1. The van der Waals surface area contributed by atoms with Gasteiger partial charge in [-0.3, -0.25) is 4.79 Å². The molecule has 1 N–H and O–H groups in total. The van der Waals surface area contributed by atoms with Gasteiger partial charge in [-0.15, -0.1) is 5.10 Å². The summed E-state index contributed by atoms with van der Waals surface area (Å²) in [6.45, 7) is 2.01. The number of aryl methyl sites for hydroxylation is 1. The number of aliphatic carboxylic acids is 1. The molecule has 0 bridgehead atoms. The van der Waals surface area contributed by atoms with Crippen LogP contribution in [0.4, 0.5) is 0 Å². The molecule has 1 heterocycles. The highest BCUT2D eigenvalue weighted by atomic mass is 16.4. The number of carboxylic acid groups (broad SMARTS) is 1. The molecule has 0 aliphatic carbocycles. The molecule has 22 heavy (non-hydrogen) atoms. The van der Waals surface area contributed by atoms with E-state index in [0.29, 0.717) is 11.4 Å². The molecule has 3 aromatic rings. The number of nitrogens with zero attached hydrogens (tertiary/aromatic N) is 3. The monoisotopic (exact) mass is 293 g/mol. The Balaban J connectivity index is 2.16. The maximum absolute atomic E-state index is 11.1. The quantitative estimate of drug-likeness (QED) is 0.803. The highest BCUT2D eigenvalue weighted by Gasteiger charge is 2.18. The molecule has 5 heteroatoms. The van der Waals surface area contributed by atoms with E-state index < -0.39 is 5.97 Å². The molecule has 110 valence electrons. The number of carboxylic acids is 1. The smallest absolute Gasteiger partial charge is 0.309 e. The second kappa shape index (κ2) is 5.81. The summed E-state index contributed by atoms with van der Waals surface area (Å²) in [5, 5.41) is 17.3. The van der Waals surface area contributed by atoms with Crippen molar-refractivity contribution in [1.29, 1.82) is 0 Å². The van der Waals surface area contributed by atoms with Gasteiger partial charge in [-0.1, -0.05) is 53.2 Å². The van der Waals surface area contributed by atoms with Crippen LogP contribution in [0.1, 0.15) is 11.3 Å². The lowest BCUT2D eigenvalue weighted by atomic mass is 10.1. The summed E-state index contributed by atoms with van der Waals surface area (Å²) in [5.41, 5.74) is 4.07. The third-order valence-corrected chi connectivity index (χ3v) is 3.38. The summed E-state index contributed by atoms with van der Waals surface area (Å²) in [7, 11) is 0. The average Bonchev–Trinajstić information content (AvgIpc) is 2.91. The molecule has 3 rings (SSSR count). The number of aromatic nitrogens is 3. The summed E-state index contributed by atoms with van der Waals surface area (Å²) >= 11 is 0. The fourth-order valence-electron chi connectivity index (χ4n) is 2.33. The van der Waals surface area contributed by atoms with Crippen LogP contribution in [0.15, 0.2) is 54.6 Å². The van der Waals surface area contributed by atoms with Crippen molar-refractivity contribution < 1.29 is 9.90 Å². The molecule has 0 atom stereocenters. The van der Waals surface area contributed by atoms with Crippen LogP contribution in [0.5, 0.6) is 0 Å². The third kappa shape index (κ3) is 2.74. The second-order valence-electron chi connectivity index (χ2n) is 5.07.